The highest BCUT2D eigenvalue weighted by Crippen LogP contribution is 2.20. The van der Waals surface area contributed by atoms with Crippen LogP contribution in [0.25, 0.3) is 0 Å². The fourth-order valence-electron chi connectivity index (χ4n) is 2.26. The van der Waals surface area contributed by atoms with Gasteiger partial charge in [0.15, 0.2) is 0 Å². The first-order valence-corrected chi connectivity index (χ1v) is 6.07. The number of rotatable bonds is 2. The van der Waals surface area contributed by atoms with Crippen molar-refractivity contribution < 1.29 is 14.3 Å². The zero-order chi connectivity index (χ0) is 13.1. The van der Waals surface area contributed by atoms with Crippen LogP contribution in [0.4, 0.5) is 4.39 Å². The normalized spacial score (nSPS) is 23.7. The molecule has 1 aromatic rings. The van der Waals surface area contributed by atoms with Gasteiger partial charge in [-0.25, -0.2) is 4.39 Å². The largest absolute Gasteiger partial charge is 0.507 e. The molecule has 0 saturated carbocycles. The van der Waals surface area contributed by atoms with E-state index in [1.165, 1.54) is 12.1 Å². The van der Waals surface area contributed by atoms with Crippen molar-refractivity contribution in [1.29, 1.82) is 0 Å². The van der Waals surface area contributed by atoms with E-state index in [1.807, 2.05) is 0 Å². The van der Waals surface area contributed by atoms with Crippen molar-refractivity contribution in [2.24, 2.45) is 5.92 Å². The van der Waals surface area contributed by atoms with Gasteiger partial charge in [-0.3, -0.25) is 4.79 Å². The average molecular weight is 252 g/mol. The van der Waals surface area contributed by atoms with Gasteiger partial charge in [0.25, 0.3) is 5.91 Å². The summed E-state index contributed by atoms with van der Waals surface area (Å²) in [6.07, 6.45) is 0.855. The molecule has 0 aliphatic carbocycles. The first kappa shape index (κ1) is 12.8. The number of phenols is 1. The van der Waals surface area contributed by atoms with Crippen molar-refractivity contribution in [2.45, 2.75) is 19.4 Å². The minimum atomic E-state index is -0.704. The van der Waals surface area contributed by atoms with E-state index in [0.717, 1.165) is 19.0 Å². The van der Waals surface area contributed by atoms with Crippen molar-refractivity contribution in [3.63, 3.8) is 0 Å². The summed E-state index contributed by atoms with van der Waals surface area (Å²) in [5.74, 6) is -1.13. The molecule has 1 amide bonds. The molecule has 4 nitrogen and oxygen atoms in total. The molecule has 0 spiro atoms. The van der Waals surface area contributed by atoms with Gasteiger partial charge in [-0.1, -0.05) is 13.0 Å². The van der Waals surface area contributed by atoms with Crippen LogP contribution in [0.2, 0.25) is 0 Å². The molecule has 0 bridgehead atoms. The maximum Gasteiger partial charge on any atom is 0.258 e. The third-order valence-corrected chi connectivity index (χ3v) is 3.12. The second kappa shape index (κ2) is 5.35. The quantitative estimate of drug-likeness (QED) is 0.742. The molecule has 2 rings (SSSR count). The van der Waals surface area contributed by atoms with E-state index < -0.39 is 11.7 Å². The number of carbonyl (C=O) groups excluding carboxylic acids is 1. The van der Waals surface area contributed by atoms with E-state index >= 15 is 0 Å². The Hall–Kier alpha value is -1.62. The molecule has 2 unspecified atom stereocenters. The van der Waals surface area contributed by atoms with Crippen molar-refractivity contribution in [3.8, 4) is 5.75 Å². The Morgan fingerprint density at radius 1 is 1.50 bits per heavy atom. The van der Waals surface area contributed by atoms with Gasteiger partial charge < -0.3 is 15.7 Å². The Kier molecular flexibility index (Phi) is 3.81. The molecule has 1 aliphatic rings. The zero-order valence-corrected chi connectivity index (χ0v) is 10.2. The highest BCUT2D eigenvalue weighted by Gasteiger charge is 2.23. The molecular formula is C13H17FN2O2. The monoisotopic (exact) mass is 252 g/mol. The number of hydrogen-bond acceptors (Lipinski definition) is 3. The second-order valence-electron chi connectivity index (χ2n) is 4.80. The molecule has 18 heavy (non-hydrogen) atoms. The van der Waals surface area contributed by atoms with Crippen molar-refractivity contribution in [2.75, 3.05) is 13.1 Å². The van der Waals surface area contributed by atoms with Gasteiger partial charge in [0.05, 0.1) is 0 Å². The first-order chi connectivity index (χ1) is 8.58. The Bertz CT molecular complexity index is 430. The molecule has 5 heteroatoms. The summed E-state index contributed by atoms with van der Waals surface area (Å²) < 4.78 is 13.5. The molecule has 0 radical (unpaired) electrons. The minimum Gasteiger partial charge on any atom is -0.507 e. The number of piperidine rings is 1. The van der Waals surface area contributed by atoms with Gasteiger partial charge in [0, 0.05) is 12.6 Å². The Morgan fingerprint density at radius 2 is 2.28 bits per heavy atom. The van der Waals surface area contributed by atoms with Gasteiger partial charge >= 0.3 is 0 Å². The molecule has 1 aromatic carbocycles. The van der Waals surface area contributed by atoms with Gasteiger partial charge in [0.2, 0.25) is 0 Å². The summed E-state index contributed by atoms with van der Waals surface area (Å²) >= 11 is 0. The van der Waals surface area contributed by atoms with E-state index in [2.05, 4.69) is 17.6 Å². The van der Waals surface area contributed by atoms with Crippen LogP contribution in [0.1, 0.15) is 23.7 Å². The summed E-state index contributed by atoms with van der Waals surface area (Å²) in [4.78, 5) is 11.9. The fraction of sp³-hybridized carbons (Fsp3) is 0.462. The SMILES string of the molecule is CC1CNCC(NC(=O)c2c(O)cccc2F)C1. The predicted octanol–water partition coefficient (Wildman–Crippen LogP) is 1.26. The topological polar surface area (TPSA) is 61.4 Å². The molecule has 1 aliphatic heterocycles. The van der Waals surface area contributed by atoms with Crippen LogP contribution in [-0.2, 0) is 0 Å². The maximum atomic E-state index is 13.5. The minimum absolute atomic E-state index is 0.0275. The summed E-state index contributed by atoms with van der Waals surface area (Å²) in [7, 11) is 0. The molecule has 1 heterocycles. The van der Waals surface area contributed by atoms with E-state index in [-0.39, 0.29) is 17.4 Å². The molecule has 2 atom stereocenters. The third kappa shape index (κ3) is 2.79. The number of amides is 1. The zero-order valence-electron chi connectivity index (χ0n) is 10.2. The summed E-state index contributed by atoms with van der Waals surface area (Å²) in [5, 5.41) is 15.5. The number of halogens is 1. The van der Waals surface area contributed by atoms with Crippen molar-refractivity contribution in [1.82, 2.24) is 10.6 Å². The summed E-state index contributed by atoms with van der Waals surface area (Å²) in [5.41, 5.74) is -0.282. The number of benzene rings is 1. The van der Waals surface area contributed by atoms with Crippen LogP contribution >= 0.6 is 0 Å². The lowest BCUT2D eigenvalue weighted by molar-refractivity contribution is 0.0918. The molecule has 98 valence electrons. The summed E-state index contributed by atoms with van der Waals surface area (Å²) in [6.45, 7) is 3.69. The Labute approximate surface area is 105 Å². The number of phenolic OH excluding ortho intramolecular Hbond substituents is 1. The molecule has 1 fully saturated rings. The van der Waals surface area contributed by atoms with E-state index in [0.29, 0.717) is 12.5 Å². The number of carbonyl (C=O) groups is 1. The van der Waals surface area contributed by atoms with E-state index in [1.54, 1.807) is 0 Å². The fourth-order valence-corrected chi connectivity index (χ4v) is 2.26. The van der Waals surface area contributed by atoms with Crippen LogP contribution in [0.5, 0.6) is 5.75 Å². The highest BCUT2D eigenvalue weighted by atomic mass is 19.1. The Morgan fingerprint density at radius 3 is 2.94 bits per heavy atom. The van der Waals surface area contributed by atoms with Crippen molar-refractivity contribution >= 4 is 5.91 Å². The third-order valence-electron chi connectivity index (χ3n) is 3.12. The van der Waals surface area contributed by atoms with Crippen LogP contribution in [-0.4, -0.2) is 30.1 Å². The first-order valence-electron chi connectivity index (χ1n) is 6.07. The number of nitrogens with one attached hydrogen (secondary N) is 2. The number of aromatic hydroxyl groups is 1. The second-order valence-corrected chi connectivity index (χ2v) is 4.80. The molecule has 0 aromatic heterocycles. The van der Waals surface area contributed by atoms with E-state index in [9.17, 15) is 14.3 Å². The van der Waals surface area contributed by atoms with Gasteiger partial charge in [-0.05, 0) is 31.0 Å². The van der Waals surface area contributed by atoms with Gasteiger partial charge in [0.1, 0.15) is 17.1 Å². The average Bonchev–Trinajstić information content (AvgIpc) is 2.28. The van der Waals surface area contributed by atoms with Gasteiger partial charge in [-0.15, -0.1) is 0 Å². The maximum absolute atomic E-state index is 13.5. The standard InChI is InChI=1S/C13H17FN2O2/c1-8-5-9(7-15-6-8)16-13(18)12-10(14)3-2-4-11(12)17/h2-4,8-9,15,17H,5-7H2,1H3,(H,16,18). The lowest BCUT2D eigenvalue weighted by atomic mass is 9.97. The van der Waals surface area contributed by atoms with Crippen LogP contribution in [0.3, 0.4) is 0 Å². The van der Waals surface area contributed by atoms with E-state index in [4.69, 9.17) is 0 Å². The van der Waals surface area contributed by atoms with Crippen LogP contribution in [0, 0.1) is 11.7 Å². The molecule has 1 saturated heterocycles. The molecule has 3 N–H and O–H groups in total. The Balaban J connectivity index is 2.07. The highest BCUT2D eigenvalue weighted by molar-refractivity contribution is 5.97. The van der Waals surface area contributed by atoms with Gasteiger partial charge in [-0.2, -0.15) is 0 Å². The number of hydrogen-bond donors (Lipinski definition) is 3. The predicted molar refractivity (Wildman–Crippen MR) is 66.0 cm³/mol. The van der Waals surface area contributed by atoms with Crippen LogP contribution in [0.15, 0.2) is 18.2 Å². The lowest BCUT2D eigenvalue weighted by Gasteiger charge is -2.28. The van der Waals surface area contributed by atoms with Crippen LogP contribution < -0.4 is 10.6 Å². The van der Waals surface area contributed by atoms with Crippen molar-refractivity contribution in [3.05, 3.63) is 29.6 Å². The lowest BCUT2D eigenvalue weighted by Crippen LogP contribution is -2.48. The summed E-state index contributed by atoms with van der Waals surface area (Å²) in [6, 6.07) is 3.81. The molecular weight excluding hydrogens is 235 g/mol. The smallest absolute Gasteiger partial charge is 0.258 e.